The van der Waals surface area contributed by atoms with E-state index in [1.54, 1.807) is 0 Å². The number of allylic oxidation sites excluding steroid dienone is 1. The van der Waals surface area contributed by atoms with Crippen molar-refractivity contribution in [3.05, 3.63) is 46.5 Å². The number of benzene rings is 1. The van der Waals surface area contributed by atoms with E-state index in [4.69, 9.17) is 0 Å². The Kier molecular flexibility index (Phi) is 8.08. The Hall–Kier alpha value is -0.600. The van der Waals surface area contributed by atoms with E-state index in [0.29, 0.717) is 6.04 Å². The van der Waals surface area contributed by atoms with Crippen molar-refractivity contribution in [3.63, 3.8) is 0 Å². The zero-order valence-electron chi connectivity index (χ0n) is 12.2. The van der Waals surface area contributed by atoms with E-state index in [2.05, 4.69) is 59.9 Å². The van der Waals surface area contributed by atoms with Crippen LogP contribution < -0.4 is 5.32 Å². The third-order valence-corrected chi connectivity index (χ3v) is 4.40. The van der Waals surface area contributed by atoms with Crippen LogP contribution >= 0.6 is 15.9 Å². The molecule has 0 spiro atoms. The minimum Gasteiger partial charge on any atom is -0.310 e. The number of hydrogen-bond donors (Lipinski definition) is 1. The molecule has 0 fully saturated rings. The molecule has 0 aliphatic heterocycles. The predicted octanol–water partition coefficient (Wildman–Crippen LogP) is 5.54. The highest BCUT2D eigenvalue weighted by Gasteiger charge is 2.13. The minimum atomic E-state index is 0.478. The van der Waals surface area contributed by atoms with E-state index in [1.807, 2.05) is 6.08 Å². The molecule has 106 valence electrons. The molecule has 1 unspecified atom stereocenters. The molecular weight excluding hydrogens is 298 g/mol. The van der Waals surface area contributed by atoms with Gasteiger partial charge in [-0.25, -0.2) is 0 Å². The minimum absolute atomic E-state index is 0.478. The summed E-state index contributed by atoms with van der Waals surface area (Å²) in [4.78, 5) is 0. The molecular formula is C17H26BrN. The molecule has 1 aromatic carbocycles. The standard InChI is InChI=1S/C17H26BrN/c1-4-6-7-8-9-13-17(19-5-2)15-11-10-12-16(18)14(15)3/h4,10-12,17,19H,1,5-9,13H2,2-3H3. The molecule has 1 rings (SSSR count). The molecule has 0 aliphatic rings. The van der Waals surface area contributed by atoms with E-state index in [-0.39, 0.29) is 0 Å². The summed E-state index contributed by atoms with van der Waals surface area (Å²) in [5.41, 5.74) is 2.79. The van der Waals surface area contributed by atoms with Gasteiger partial charge in [0.25, 0.3) is 0 Å². The molecule has 0 radical (unpaired) electrons. The Morgan fingerprint density at radius 1 is 1.32 bits per heavy atom. The SMILES string of the molecule is C=CCCCCCC(NCC)c1cccc(Br)c1C. The smallest absolute Gasteiger partial charge is 0.0323 e. The van der Waals surface area contributed by atoms with Crippen LogP contribution in [0.3, 0.4) is 0 Å². The largest absolute Gasteiger partial charge is 0.310 e. The topological polar surface area (TPSA) is 12.0 Å². The lowest BCUT2D eigenvalue weighted by Crippen LogP contribution is -2.21. The predicted molar refractivity (Wildman–Crippen MR) is 88.6 cm³/mol. The van der Waals surface area contributed by atoms with Crippen LogP contribution in [-0.4, -0.2) is 6.54 Å². The van der Waals surface area contributed by atoms with Gasteiger partial charge in [-0.1, -0.05) is 53.9 Å². The number of rotatable bonds is 9. The zero-order valence-corrected chi connectivity index (χ0v) is 13.8. The van der Waals surface area contributed by atoms with Crippen LogP contribution in [0.15, 0.2) is 35.3 Å². The van der Waals surface area contributed by atoms with E-state index in [1.165, 1.54) is 41.3 Å². The number of nitrogens with one attached hydrogen (secondary N) is 1. The van der Waals surface area contributed by atoms with Gasteiger partial charge in [-0.3, -0.25) is 0 Å². The van der Waals surface area contributed by atoms with Crippen LogP contribution in [0.2, 0.25) is 0 Å². The molecule has 1 aromatic rings. The summed E-state index contributed by atoms with van der Waals surface area (Å²) in [5.74, 6) is 0. The van der Waals surface area contributed by atoms with Gasteiger partial charge in [0, 0.05) is 10.5 Å². The maximum absolute atomic E-state index is 3.77. The van der Waals surface area contributed by atoms with E-state index in [9.17, 15) is 0 Å². The van der Waals surface area contributed by atoms with Crippen LogP contribution in [0.4, 0.5) is 0 Å². The number of hydrogen-bond acceptors (Lipinski definition) is 1. The molecule has 1 nitrogen and oxygen atoms in total. The fourth-order valence-corrected chi connectivity index (χ4v) is 2.81. The lowest BCUT2D eigenvalue weighted by molar-refractivity contribution is 0.482. The Bertz CT molecular complexity index is 387. The average Bonchev–Trinajstić information content (AvgIpc) is 2.41. The molecule has 0 saturated carbocycles. The van der Waals surface area contributed by atoms with Gasteiger partial charge in [0.2, 0.25) is 0 Å². The fourth-order valence-electron chi connectivity index (χ4n) is 2.43. The van der Waals surface area contributed by atoms with Gasteiger partial charge in [-0.05, 0) is 49.9 Å². The molecule has 0 aromatic heterocycles. The van der Waals surface area contributed by atoms with Crippen molar-refractivity contribution in [3.8, 4) is 0 Å². The zero-order chi connectivity index (χ0) is 14.1. The second-order valence-corrected chi connectivity index (χ2v) is 5.85. The molecule has 0 heterocycles. The maximum atomic E-state index is 3.77. The van der Waals surface area contributed by atoms with Gasteiger partial charge < -0.3 is 5.32 Å². The summed E-state index contributed by atoms with van der Waals surface area (Å²) in [5, 5.41) is 3.62. The summed E-state index contributed by atoms with van der Waals surface area (Å²) < 4.78 is 1.21. The summed E-state index contributed by atoms with van der Waals surface area (Å²) >= 11 is 3.63. The van der Waals surface area contributed by atoms with Gasteiger partial charge in [0.05, 0.1) is 0 Å². The van der Waals surface area contributed by atoms with Crippen LogP contribution in [-0.2, 0) is 0 Å². The summed E-state index contributed by atoms with van der Waals surface area (Å²) in [6.07, 6.45) is 8.20. The molecule has 1 atom stereocenters. The van der Waals surface area contributed by atoms with Crippen LogP contribution in [0.1, 0.15) is 56.2 Å². The quantitative estimate of drug-likeness (QED) is 0.464. The highest BCUT2D eigenvalue weighted by Crippen LogP contribution is 2.27. The van der Waals surface area contributed by atoms with Crippen LogP contribution in [0.5, 0.6) is 0 Å². The van der Waals surface area contributed by atoms with Crippen molar-refractivity contribution >= 4 is 15.9 Å². The molecule has 0 saturated heterocycles. The van der Waals surface area contributed by atoms with Gasteiger partial charge >= 0.3 is 0 Å². The lowest BCUT2D eigenvalue weighted by Gasteiger charge is -2.21. The summed E-state index contributed by atoms with van der Waals surface area (Å²) in [6, 6.07) is 6.98. The third-order valence-electron chi connectivity index (χ3n) is 3.54. The Labute approximate surface area is 126 Å². The first kappa shape index (κ1) is 16.5. The molecule has 19 heavy (non-hydrogen) atoms. The molecule has 1 N–H and O–H groups in total. The van der Waals surface area contributed by atoms with Crippen molar-refractivity contribution in [2.75, 3.05) is 6.54 Å². The fraction of sp³-hybridized carbons (Fsp3) is 0.529. The first-order valence-electron chi connectivity index (χ1n) is 7.30. The molecule has 0 aliphatic carbocycles. The van der Waals surface area contributed by atoms with Crippen molar-refractivity contribution in [2.24, 2.45) is 0 Å². The van der Waals surface area contributed by atoms with Crippen molar-refractivity contribution < 1.29 is 0 Å². The van der Waals surface area contributed by atoms with Crippen molar-refractivity contribution in [2.45, 2.75) is 52.0 Å². The van der Waals surface area contributed by atoms with Crippen molar-refractivity contribution in [1.82, 2.24) is 5.32 Å². The number of unbranched alkanes of at least 4 members (excludes halogenated alkanes) is 3. The number of halogens is 1. The first-order chi connectivity index (χ1) is 9.20. The van der Waals surface area contributed by atoms with Crippen LogP contribution in [0.25, 0.3) is 0 Å². The van der Waals surface area contributed by atoms with E-state index < -0.39 is 0 Å². The molecule has 2 heteroatoms. The Balaban J connectivity index is 2.60. The van der Waals surface area contributed by atoms with Gasteiger partial charge in [0.15, 0.2) is 0 Å². The summed E-state index contributed by atoms with van der Waals surface area (Å²) in [6.45, 7) is 9.17. The third kappa shape index (κ3) is 5.50. The first-order valence-corrected chi connectivity index (χ1v) is 8.09. The maximum Gasteiger partial charge on any atom is 0.0323 e. The molecule has 0 bridgehead atoms. The van der Waals surface area contributed by atoms with E-state index in [0.717, 1.165) is 13.0 Å². The van der Waals surface area contributed by atoms with Gasteiger partial charge in [-0.2, -0.15) is 0 Å². The highest BCUT2D eigenvalue weighted by molar-refractivity contribution is 9.10. The Morgan fingerprint density at radius 3 is 2.79 bits per heavy atom. The monoisotopic (exact) mass is 323 g/mol. The van der Waals surface area contributed by atoms with E-state index >= 15 is 0 Å². The highest BCUT2D eigenvalue weighted by atomic mass is 79.9. The van der Waals surface area contributed by atoms with Crippen LogP contribution in [0, 0.1) is 6.92 Å². The summed E-state index contributed by atoms with van der Waals surface area (Å²) in [7, 11) is 0. The second kappa shape index (κ2) is 9.33. The normalized spacial score (nSPS) is 12.4. The average molecular weight is 324 g/mol. The lowest BCUT2D eigenvalue weighted by atomic mass is 9.96. The molecule has 0 amide bonds. The van der Waals surface area contributed by atoms with Gasteiger partial charge in [-0.15, -0.1) is 6.58 Å². The second-order valence-electron chi connectivity index (χ2n) is 4.99. The van der Waals surface area contributed by atoms with Crippen molar-refractivity contribution in [1.29, 1.82) is 0 Å². The Morgan fingerprint density at radius 2 is 2.11 bits per heavy atom. The van der Waals surface area contributed by atoms with Gasteiger partial charge in [0.1, 0.15) is 0 Å².